The fourth-order valence-electron chi connectivity index (χ4n) is 3.71. The first-order valence-electron chi connectivity index (χ1n) is 9.29. The molecule has 5 nitrogen and oxygen atoms in total. The zero-order valence-electron chi connectivity index (χ0n) is 15.0. The topological polar surface area (TPSA) is 59.0 Å². The van der Waals surface area contributed by atoms with Gasteiger partial charge in [0, 0.05) is 24.0 Å². The zero-order chi connectivity index (χ0) is 17.9. The molecule has 0 radical (unpaired) electrons. The third-order valence-corrected chi connectivity index (χ3v) is 5.13. The van der Waals surface area contributed by atoms with Crippen LogP contribution in [-0.4, -0.2) is 28.8 Å². The van der Waals surface area contributed by atoms with Crippen LogP contribution in [0.15, 0.2) is 48.5 Å². The average Bonchev–Trinajstić information content (AvgIpc) is 3.34. The zero-order valence-corrected chi connectivity index (χ0v) is 15.0. The molecule has 1 unspecified atom stereocenters. The first kappa shape index (κ1) is 16.8. The molecule has 1 aromatic heterocycles. The van der Waals surface area contributed by atoms with Crippen LogP contribution in [0.4, 0.5) is 0 Å². The standard InChI is InChI=1S/C21H24N4O/c1-2-25-20-9-4-3-8-18(20)19(24-25)14-23-21(26)16-7-5-6-15(12-16)17-10-11-22-13-17/h3-9,12,17,22H,2,10-11,13-14H2,1H3,(H,23,26). The first-order chi connectivity index (χ1) is 12.8. The lowest BCUT2D eigenvalue weighted by Crippen LogP contribution is -2.23. The van der Waals surface area contributed by atoms with Gasteiger partial charge in [-0.3, -0.25) is 9.48 Å². The Kier molecular flexibility index (Phi) is 4.71. The fraction of sp³-hybridized carbons (Fsp3) is 0.333. The molecule has 0 aliphatic carbocycles. The summed E-state index contributed by atoms with van der Waals surface area (Å²) >= 11 is 0. The Labute approximate surface area is 153 Å². The highest BCUT2D eigenvalue weighted by molar-refractivity contribution is 5.94. The van der Waals surface area contributed by atoms with Gasteiger partial charge in [0.2, 0.25) is 0 Å². The van der Waals surface area contributed by atoms with Crippen molar-refractivity contribution >= 4 is 16.8 Å². The van der Waals surface area contributed by atoms with Crippen LogP contribution in [0.25, 0.3) is 10.9 Å². The van der Waals surface area contributed by atoms with Crippen LogP contribution in [0.3, 0.4) is 0 Å². The number of aromatic nitrogens is 2. The van der Waals surface area contributed by atoms with E-state index in [1.165, 1.54) is 5.56 Å². The van der Waals surface area contributed by atoms with Crippen LogP contribution in [-0.2, 0) is 13.1 Å². The highest BCUT2D eigenvalue weighted by Gasteiger charge is 2.18. The maximum atomic E-state index is 12.6. The van der Waals surface area contributed by atoms with Gasteiger partial charge in [0.1, 0.15) is 0 Å². The molecule has 1 atom stereocenters. The number of nitrogens with one attached hydrogen (secondary N) is 2. The summed E-state index contributed by atoms with van der Waals surface area (Å²) in [5.74, 6) is 0.458. The molecule has 0 bridgehead atoms. The van der Waals surface area contributed by atoms with E-state index in [-0.39, 0.29) is 5.91 Å². The fourth-order valence-corrected chi connectivity index (χ4v) is 3.71. The molecule has 134 valence electrons. The Morgan fingerprint density at radius 2 is 2.15 bits per heavy atom. The van der Waals surface area contributed by atoms with Gasteiger partial charge in [-0.05, 0) is 49.6 Å². The van der Waals surface area contributed by atoms with Crippen LogP contribution in [0.2, 0.25) is 0 Å². The van der Waals surface area contributed by atoms with E-state index in [2.05, 4.69) is 40.9 Å². The molecule has 2 N–H and O–H groups in total. The molecule has 1 amide bonds. The van der Waals surface area contributed by atoms with E-state index in [0.29, 0.717) is 18.0 Å². The molecule has 5 heteroatoms. The molecule has 1 aliphatic rings. The Morgan fingerprint density at radius 1 is 1.27 bits per heavy atom. The van der Waals surface area contributed by atoms with Crippen molar-refractivity contribution in [2.24, 2.45) is 0 Å². The summed E-state index contributed by atoms with van der Waals surface area (Å²) in [6.07, 6.45) is 1.13. The average molecular weight is 348 g/mol. The number of hydrogen-bond acceptors (Lipinski definition) is 3. The van der Waals surface area contributed by atoms with E-state index in [4.69, 9.17) is 0 Å². The van der Waals surface area contributed by atoms with Gasteiger partial charge in [-0.2, -0.15) is 5.10 Å². The molecule has 1 fully saturated rings. The molecule has 4 rings (SSSR count). The summed E-state index contributed by atoms with van der Waals surface area (Å²) in [5.41, 5.74) is 3.97. The van der Waals surface area contributed by atoms with E-state index < -0.39 is 0 Å². The lowest BCUT2D eigenvalue weighted by molar-refractivity contribution is 0.0950. The lowest BCUT2D eigenvalue weighted by Gasteiger charge is -2.10. The minimum absolute atomic E-state index is 0.0482. The number of fused-ring (bicyclic) bond motifs is 1. The number of rotatable bonds is 5. The van der Waals surface area contributed by atoms with Gasteiger partial charge >= 0.3 is 0 Å². The minimum atomic E-state index is -0.0482. The maximum absolute atomic E-state index is 12.6. The molecule has 1 aliphatic heterocycles. The molecule has 0 spiro atoms. The predicted octanol–water partition coefficient (Wildman–Crippen LogP) is 3.06. The quantitative estimate of drug-likeness (QED) is 0.745. The van der Waals surface area contributed by atoms with Crippen LogP contribution < -0.4 is 10.6 Å². The normalized spacial score (nSPS) is 16.9. The molecule has 26 heavy (non-hydrogen) atoms. The third-order valence-electron chi connectivity index (χ3n) is 5.13. The summed E-state index contributed by atoms with van der Waals surface area (Å²) in [5, 5.41) is 12.2. The second-order valence-electron chi connectivity index (χ2n) is 6.78. The first-order valence-corrected chi connectivity index (χ1v) is 9.29. The van der Waals surface area contributed by atoms with Crippen molar-refractivity contribution in [1.82, 2.24) is 20.4 Å². The summed E-state index contributed by atoms with van der Waals surface area (Å²) < 4.78 is 1.98. The van der Waals surface area contributed by atoms with Gasteiger partial charge in [-0.25, -0.2) is 0 Å². The lowest BCUT2D eigenvalue weighted by atomic mass is 9.96. The molecular weight excluding hydrogens is 324 g/mol. The predicted molar refractivity (Wildman–Crippen MR) is 103 cm³/mol. The smallest absolute Gasteiger partial charge is 0.251 e. The van der Waals surface area contributed by atoms with Crippen molar-refractivity contribution in [2.75, 3.05) is 13.1 Å². The van der Waals surface area contributed by atoms with Crippen LogP contribution in [0, 0.1) is 0 Å². The van der Waals surface area contributed by atoms with Crippen molar-refractivity contribution in [3.05, 3.63) is 65.4 Å². The van der Waals surface area contributed by atoms with Gasteiger partial charge in [-0.15, -0.1) is 0 Å². The Hall–Kier alpha value is -2.66. The van der Waals surface area contributed by atoms with E-state index >= 15 is 0 Å². The van der Waals surface area contributed by atoms with Gasteiger partial charge in [-0.1, -0.05) is 30.3 Å². The largest absolute Gasteiger partial charge is 0.346 e. The number of carbonyl (C=O) groups excluding carboxylic acids is 1. The van der Waals surface area contributed by atoms with Gasteiger partial charge in [0.15, 0.2) is 0 Å². The molecular formula is C21H24N4O. The molecule has 2 heterocycles. The number of amides is 1. The van der Waals surface area contributed by atoms with Crippen molar-refractivity contribution in [3.8, 4) is 0 Å². The number of nitrogens with zero attached hydrogens (tertiary/aromatic N) is 2. The molecule has 1 saturated heterocycles. The summed E-state index contributed by atoms with van der Waals surface area (Å²) in [7, 11) is 0. The molecule has 3 aromatic rings. The van der Waals surface area contributed by atoms with E-state index in [9.17, 15) is 4.79 Å². The Morgan fingerprint density at radius 3 is 2.96 bits per heavy atom. The highest BCUT2D eigenvalue weighted by Crippen LogP contribution is 2.23. The van der Waals surface area contributed by atoms with E-state index in [0.717, 1.165) is 42.7 Å². The van der Waals surface area contributed by atoms with E-state index in [1.807, 2.05) is 35.0 Å². The number of aryl methyl sites for hydroxylation is 1. The molecule has 2 aromatic carbocycles. The number of hydrogen-bond donors (Lipinski definition) is 2. The second kappa shape index (κ2) is 7.30. The second-order valence-corrected chi connectivity index (χ2v) is 6.78. The third kappa shape index (κ3) is 3.22. The SMILES string of the molecule is CCn1nc(CNC(=O)c2cccc(C3CCNC3)c2)c2ccccc21. The van der Waals surface area contributed by atoms with Gasteiger partial charge < -0.3 is 10.6 Å². The number of para-hydroxylation sites is 1. The Bertz CT molecular complexity index is 925. The number of benzene rings is 2. The minimum Gasteiger partial charge on any atom is -0.346 e. The van der Waals surface area contributed by atoms with Crippen molar-refractivity contribution < 1.29 is 4.79 Å². The highest BCUT2D eigenvalue weighted by atomic mass is 16.1. The summed E-state index contributed by atoms with van der Waals surface area (Å²) in [6.45, 7) is 5.36. The Balaban J connectivity index is 1.50. The van der Waals surface area contributed by atoms with Gasteiger partial charge in [0.25, 0.3) is 5.91 Å². The maximum Gasteiger partial charge on any atom is 0.251 e. The monoisotopic (exact) mass is 348 g/mol. The van der Waals surface area contributed by atoms with Crippen molar-refractivity contribution in [2.45, 2.75) is 32.4 Å². The van der Waals surface area contributed by atoms with Crippen molar-refractivity contribution in [3.63, 3.8) is 0 Å². The van der Waals surface area contributed by atoms with Gasteiger partial charge in [0.05, 0.1) is 17.8 Å². The summed E-state index contributed by atoms with van der Waals surface area (Å²) in [4.78, 5) is 12.6. The number of carbonyl (C=O) groups is 1. The van der Waals surface area contributed by atoms with Crippen LogP contribution >= 0.6 is 0 Å². The van der Waals surface area contributed by atoms with Crippen LogP contribution in [0.5, 0.6) is 0 Å². The van der Waals surface area contributed by atoms with Crippen molar-refractivity contribution in [1.29, 1.82) is 0 Å². The molecule has 0 saturated carbocycles. The van der Waals surface area contributed by atoms with Crippen LogP contribution in [0.1, 0.15) is 40.9 Å². The summed E-state index contributed by atoms with van der Waals surface area (Å²) in [6, 6.07) is 16.1. The van der Waals surface area contributed by atoms with E-state index in [1.54, 1.807) is 0 Å².